The van der Waals surface area contributed by atoms with Crippen LogP contribution in [0.5, 0.6) is 0 Å². The first-order valence-corrected chi connectivity index (χ1v) is 9.33. The molecule has 1 aliphatic heterocycles. The lowest BCUT2D eigenvalue weighted by Gasteiger charge is -2.36. The van der Waals surface area contributed by atoms with Gasteiger partial charge in [-0.25, -0.2) is 4.39 Å². The third-order valence-corrected chi connectivity index (χ3v) is 5.59. The zero-order valence-electron chi connectivity index (χ0n) is 14.8. The first-order chi connectivity index (χ1) is 12.4. The molecule has 0 unspecified atom stereocenters. The third-order valence-electron chi connectivity index (χ3n) is 4.61. The van der Waals surface area contributed by atoms with E-state index in [1.807, 2.05) is 37.3 Å². The van der Waals surface area contributed by atoms with E-state index in [0.29, 0.717) is 30.7 Å². The number of benzene rings is 2. The van der Waals surface area contributed by atoms with Gasteiger partial charge >= 0.3 is 0 Å². The predicted octanol–water partition coefficient (Wildman–Crippen LogP) is 4.56. The lowest BCUT2D eigenvalue weighted by molar-refractivity contribution is -0.101. The van der Waals surface area contributed by atoms with Crippen LogP contribution in [0.15, 0.2) is 57.4 Å². The first kappa shape index (κ1) is 18.9. The minimum absolute atomic E-state index is 0.0582. The fourth-order valence-electron chi connectivity index (χ4n) is 3.18. The van der Waals surface area contributed by atoms with Gasteiger partial charge in [-0.3, -0.25) is 0 Å². The normalized spacial score (nSPS) is 23.8. The van der Waals surface area contributed by atoms with Gasteiger partial charge in [-0.1, -0.05) is 29.1 Å². The van der Waals surface area contributed by atoms with Crippen molar-refractivity contribution in [1.82, 2.24) is 0 Å². The van der Waals surface area contributed by atoms with E-state index in [2.05, 4.69) is 5.16 Å². The Kier molecular flexibility index (Phi) is 5.65. The summed E-state index contributed by atoms with van der Waals surface area (Å²) in [5, 5.41) is 23.0. The van der Waals surface area contributed by atoms with Gasteiger partial charge in [0.1, 0.15) is 5.82 Å². The van der Waals surface area contributed by atoms with E-state index >= 15 is 0 Å². The lowest BCUT2D eigenvalue weighted by Crippen LogP contribution is -2.37. The number of halogens is 1. The average molecular weight is 375 g/mol. The largest absolute Gasteiger partial charge is 0.411 e. The molecule has 1 heterocycles. The molecule has 4 nitrogen and oxygen atoms in total. The van der Waals surface area contributed by atoms with Crippen LogP contribution >= 0.6 is 11.8 Å². The van der Waals surface area contributed by atoms with Crippen molar-refractivity contribution >= 4 is 17.5 Å². The second kappa shape index (κ2) is 7.78. The first-order valence-electron chi connectivity index (χ1n) is 8.51. The summed E-state index contributed by atoms with van der Waals surface area (Å²) < 4.78 is 19.7. The van der Waals surface area contributed by atoms with Crippen molar-refractivity contribution in [2.45, 2.75) is 48.2 Å². The minimum Gasteiger partial charge on any atom is -0.411 e. The molecule has 2 N–H and O–H groups in total. The van der Waals surface area contributed by atoms with Crippen LogP contribution in [0.25, 0.3) is 0 Å². The number of oxime groups is 1. The van der Waals surface area contributed by atoms with E-state index in [-0.39, 0.29) is 11.9 Å². The number of hydrogen-bond acceptors (Lipinski definition) is 5. The molecular formula is C20H22FNO3S. The van der Waals surface area contributed by atoms with Crippen LogP contribution in [0.1, 0.15) is 37.8 Å². The van der Waals surface area contributed by atoms with Crippen LogP contribution in [0.2, 0.25) is 0 Å². The quantitative estimate of drug-likeness (QED) is 0.467. The van der Waals surface area contributed by atoms with Crippen LogP contribution in [-0.2, 0) is 10.3 Å². The molecule has 0 bridgehead atoms. The molecule has 1 aliphatic rings. The van der Waals surface area contributed by atoms with Gasteiger partial charge in [0, 0.05) is 22.6 Å². The Labute approximate surface area is 156 Å². The molecule has 2 aromatic carbocycles. The molecule has 1 fully saturated rings. The lowest BCUT2D eigenvalue weighted by atomic mass is 9.84. The zero-order valence-corrected chi connectivity index (χ0v) is 15.6. The van der Waals surface area contributed by atoms with Gasteiger partial charge in [0.15, 0.2) is 0 Å². The maximum atomic E-state index is 14.2. The van der Waals surface area contributed by atoms with Gasteiger partial charge in [0.25, 0.3) is 0 Å². The molecule has 0 aromatic heterocycles. The zero-order chi connectivity index (χ0) is 18.7. The highest BCUT2D eigenvalue weighted by Crippen LogP contribution is 2.38. The Hall–Kier alpha value is -1.89. The van der Waals surface area contributed by atoms with Gasteiger partial charge in [-0.15, -0.1) is 0 Å². The van der Waals surface area contributed by atoms with E-state index in [4.69, 9.17) is 9.94 Å². The minimum atomic E-state index is -1.06. The van der Waals surface area contributed by atoms with Crippen LogP contribution in [0, 0.1) is 5.82 Å². The van der Waals surface area contributed by atoms with Crippen LogP contribution in [0.4, 0.5) is 4.39 Å². The highest BCUT2D eigenvalue weighted by molar-refractivity contribution is 7.99. The van der Waals surface area contributed by atoms with Gasteiger partial charge < -0.3 is 15.1 Å². The Morgan fingerprint density at radius 2 is 1.96 bits per heavy atom. The summed E-state index contributed by atoms with van der Waals surface area (Å²) in [5.41, 5.74) is 0.885. The van der Waals surface area contributed by atoms with Crippen LogP contribution in [-0.4, -0.2) is 28.7 Å². The molecule has 0 saturated carbocycles. The summed E-state index contributed by atoms with van der Waals surface area (Å²) in [6.07, 6.45) is 0.853. The Balaban J connectivity index is 1.84. The van der Waals surface area contributed by atoms with Crippen molar-refractivity contribution < 1.29 is 19.4 Å². The predicted molar refractivity (Wildman–Crippen MR) is 99.5 cm³/mol. The fourth-order valence-corrected chi connectivity index (χ4v) is 4.08. The number of rotatable bonds is 4. The molecule has 0 amide bonds. The number of hydrogen-bond donors (Lipinski definition) is 2. The third kappa shape index (κ3) is 4.26. The second-order valence-electron chi connectivity index (χ2n) is 6.65. The van der Waals surface area contributed by atoms with Crippen molar-refractivity contribution in [1.29, 1.82) is 0 Å². The number of aliphatic hydroxyl groups is 1. The van der Waals surface area contributed by atoms with E-state index in [9.17, 15) is 9.50 Å². The summed E-state index contributed by atoms with van der Waals surface area (Å²) >= 11 is 1.42. The average Bonchev–Trinajstić information content (AvgIpc) is 2.61. The highest BCUT2D eigenvalue weighted by Gasteiger charge is 2.35. The van der Waals surface area contributed by atoms with Crippen molar-refractivity contribution in [3.05, 3.63) is 59.4 Å². The molecule has 0 radical (unpaired) electrons. The standard InChI is InChI=1S/C20H22FNO3S/c1-13-12-20(23,7-8-25-13)16-9-17(21)11-19(10-16)26-18-5-3-15(4-6-18)14(2)22-24/h3-6,9-11,13,23-24H,7-8,12H2,1-2H3/b22-14-/t13-,20-/m0/s1. The Morgan fingerprint density at radius 3 is 2.62 bits per heavy atom. The summed E-state index contributed by atoms with van der Waals surface area (Å²) in [5.74, 6) is -0.363. The van der Waals surface area contributed by atoms with Crippen molar-refractivity contribution in [2.24, 2.45) is 5.16 Å². The summed E-state index contributed by atoms with van der Waals surface area (Å²) in [7, 11) is 0. The summed E-state index contributed by atoms with van der Waals surface area (Å²) in [4.78, 5) is 1.66. The molecule has 1 saturated heterocycles. The SMILES string of the molecule is C/C(=N/O)c1ccc(Sc2cc(F)cc([C@]3(O)CCO[C@@H](C)C3)c2)cc1. The number of nitrogens with zero attached hydrogens (tertiary/aromatic N) is 1. The van der Waals surface area contributed by atoms with E-state index in [1.54, 1.807) is 6.92 Å². The maximum absolute atomic E-state index is 14.2. The molecule has 2 aromatic rings. The summed E-state index contributed by atoms with van der Waals surface area (Å²) in [6.45, 7) is 4.10. The maximum Gasteiger partial charge on any atom is 0.124 e. The van der Waals surface area contributed by atoms with Crippen LogP contribution in [0.3, 0.4) is 0 Å². The van der Waals surface area contributed by atoms with Crippen molar-refractivity contribution in [2.75, 3.05) is 6.61 Å². The number of ether oxygens (including phenoxy) is 1. The Morgan fingerprint density at radius 1 is 1.23 bits per heavy atom. The van der Waals surface area contributed by atoms with Gasteiger partial charge in [0.05, 0.1) is 24.0 Å². The second-order valence-corrected chi connectivity index (χ2v) is 7.80. The molecule has 6 heteroatoms. The topological polar surface area (TPSA) is 62.1 Å². The fraction of sp³-hybridized carbons (Fsp3) is 0.350. The van der Waals surface area contributed by atoms with E-state index in [1.165, 1.54) is 23.9 Å². The smallest absolute Gasteiger partial charge is 0.124 e. The monoisotopic (exact) mass is 375 g/mol. The molecule has 0 aliphatic carbocycles. The molecule has 2 atom stereocenters. The summed E-state index contributed by atoms with van der Waals surface area (Å²) in [6, 6.07) is 12.2. The molecular weight excluding hydrogens is 353 g/mol. The highest BCUT2D eigenvalue weighted by atomic mass is 32.2. The van der Waals surface area contributed by atoms with Gasteiger partial charge in [0.2, 0.25) is 0 Å². The van der Waals surface area contributed by atoms with Crippen LogP contribution < -0.4 is 0 Å². The van der Waals surface area contributed by atoms with E-state index < -0.39 is 5.60 Å². The molecule has 0 spiro atoms. The molecule has 3 rings (SSSR count). The molecule has 138 valence electrons. The van der Waals surface area contributed by atoms with E-state index in [0.717, 1.165) is 15.4 Å². The molecule has 26 heavy (non-hydrogen) atoms. The van der Waals surface area contributed by atoms with Crippen molar-refractivity contribution in [3.63, 3.8) is 0 Å². The van der Waals surface area contributed by atoms with Gasteiger partial charge in [-0.05, 0) is 55.3 Å². The van der Waals surface area contributed by atoms with Gasteiger partial charge in [-0.2, -0.15) is 0 Å². The van der Waals surface area contributed by atoms with Crippen molar-refractivity contribution in [3.8, 4) is 0 Å². The Bertz CT molecular complexity index is 809.